The van der Waals surface area contributed by atoms with Gasteiger partial charge in [0, 0.05) is 27.1 Å². The fourth-order valence-electron chi connectivity index (χ4n) is 8.58. The largest absolute Gasteiger partial charge is 0.308 e. The maximum atomic E-state index is 10.8. The molecule has 10 rings (SSSR count). The van der Waals surface area contributed by atoms with E-state index >= 15 is 0 Å². The predicted octanol–water partition coefficient (Wildman–Crippen LogP) is 12.2. The highest BCUT2D eigenvalue weighted by Gasteiger charge is 2.24. The lowest BCUT2D eigenvalue weighted by Crippen LogP contribution is -2.05. The molecule has 0 N–H and O–H groups in total. The number of para-hydroxylation sites is 2. The lowest BCUT2D eigenvalue weighted by Gasteiger charge is -2.21. The van der Waals surface area contributed by atoms with Crippen LogP contribution in [0, 0.1) is 56.7 Å². The molecular weight excluding hydrogens is 735 g/mol. The number of nitriles is 5. The van der Waals surface area contributed by atoms with Crippen LogP contribution >= 0.6 is 0 Å². The van der Waals surface area contributed by atoms with Crippen LogP contribution in [-0.4, -0.2) is 9.13 Å². The molecule has 7 heteroatoms. The van der Waals surface area contributed by atoms with E-state index in [4.69, 9.17) is 0 Å². The van der Waals surface area contributed by atoms with Gasteiger partial charge in [0.05, 0.1) is 91.6 Å². The minimum absolute atomic E-state index is 0.328. The molecule has 0 radical (unpaired) electrons. The third-order valence-electron chi connectivity index (χ3n) is 11.2. The quantitative estimate of drug-likeness (QED) is 0.172. The predicted molar refractivity (Wildman–Crippen MR) is 235 cm³/mol. The van der Waals surface area contributed by atoms with Crippen LogP contribution in [0.2, 0.25) is 0 Å². The van der Waals surface area contributed by atoms with Crippen LogP contribution in [-0.2, 0) is 0 Å². The first-order valence-corrected chi connectivity index (χ1v) is 19.1. The molecule has 0 aliphatic carbocycles. The molecule has 0 amide bonds. The summed E-state index contributed by atoms with van der Waals surface area (Å²) >= 11 is 0. The molecule has 0 atom stereocenters. The molecule has 2 aromatic heterocycles. The first kappa shape index (κ1) is 35.2. The molecule has 10 aromatic rings. The first-order valence-electron chi connectivity index (χ1n) is 19.1. The summed E-state index contributed by atoms with van der Waals surface area (Å²) in [6, 6.07) is 64.3. The fraction of sp³-hybridized carbons (Fsp3) is 0. The van der Waals surface area contributed by atoms with Crippen molar-refractivity contribution in [1.82, 2.24) is 9.13 Å². The molecule has 0 fully saturated rings. The molecule has 274 valence electrons. The highest BCUT2D eigenvalue weighted by atomic mass is 15.0. The van der Waals surface area contributed by atoms with Gasteiger partial charge in [0.2, 0.25) is 0 Å². The van der Waals surface area contributed by atoms with Gasteiger partial charge in [-0.1, -0.05) is 84.9 Å². The van der Waals surface area contributed by atoms with Gasteiger partial charge in [0.25, 0.3) is 0 Å². The Bertz CT molecular complexity index is 3450. The topological polar surface area (TPSA) is 129 Å². The number of benzene rings is 8. The van der Waals surface area contributed by atoms with E-state index < -0.39 is 0 Å². The molecule has 0 saturated carbocycles. The second-order valence-electron chi connectivity index (χ2n) is 14.6. The molecular formula is C53H27N7. The monoisotopic (exact) mass is 761 g/mol. The van der Waals surface area contributed by atoms with Gasteiger partial charge < -0.3 is 9.13 Å². The average molecular weight is 762 g/mol. The third kappa shape index (κ3) is 5.63. The molecule has 2 heterocycles. The van der Waals surface area contributed by atoms with Crippen LogP contribution in [0.15, 0.2) is 164 Å². The van der Waals surface area contributed by atoms with Crippen LogP contribution in [0.5, 0.6) is 0 Å². The molecule has 0 aliphatic heterocycles. The van der Waals surface area contributed by atoms with E-state index in [1.807, 2.05) is 72.8 Å². The Balaban J connectivity index is 1.38. The highest BCUT2D eigenvalue weighted by Crippen LogP contribution is 2.44. The van der Waals surface area contributed by atoms with Crippen molar-refractivity contribution in [2.45, 2.75) is 0 Å². The Kier molecular flexibility index (Phi) is 8.27. The SMILES string of the molecule is N#Cc1cccc(-c2ccc3c4ccccc4n(-c4cc(C#N)cc(-n5c6ccccc6c6ccc(-c7cccc(C#N)c7)cc65)c4-c4cc(C#N)cc(C#N)c4)c3c2)c1. The van der Waals surface area contributed by atoms with E-state index in [1.165, 1.54) is 0 Å². The summed E-state index contributed by atoms with van der Waals surface area (Å²) in [4.78, 5) is 0. The van der Waals surface area contributed by atoms with Crippen LogP contribution in [0.25, 0.3) is 88.4 Å². The fourth-order valence-corrected chi connectivity index (χ4v) is 8.58. The lowest BCUT2D eigenvalue weighted by atomic mass is 9.95. The highest BCUT2D eigenvalue weighted by molar-refractivity contribution is 6.13. The van der Waals surface area contributed by atoms with Gasteiger partial charge in [-0.25, -0.2) is 0 Å². The zero-order valence-corrected chi connectivity index (χ0v) is 31.7. The smallest absolute Gasteiger partial charge is 0.0993 e. The Morgan fingerprint density at radius 1 is 0.283 bits per heavy atom. The Labute approximate surface area is 344 Å². The van der Waals surface area contributed by atoms with E-state index in [1.54, 1.807) is 30.3 Å². The maximum absolute atomic E-state index is 10.8. The molecule has 0 bridgehead atoms. The Morgan fingerprint density at radius 2 is 0.667 bits per heavy atom. The van der Waals surface area contributed by atoms with Crippen LogP contribution in [0.4, 0.5) is 0 Å². The summed E-state index contributed by atoms with van der Waals surface area (Å²) in [7, 11) is 0. The molecule has 0 spiro atoms. The molecule has 60 heavy (non-hydrogen) atoms. The summed E-state index contributed by atoms with van der Waals surface area (Å²) in [5.74, 6) is 0. The van der Waals surface area contributed by atoms with Gasteiger partial charge >= 0.3 is 0 Å². The average Bonchev–Trinajstić information content (AvgIpc) is 3.82. The van der Waals surface area contributed by atoms with Crippen LogP contribution in [0.1, 0.15) is 27.8 Å². The van der Waals surface area contributed by atoms with Gasteiger partial charge in [-0.2, -0.15) is 26.3 Å². The lowest BCUT2D eigenvalue weighted by molar-refractivity contribution is 1.13. The van der Waals surface area contributed by atoms with Crippen molar-refractivity contribution >= 4 is 43.6 Å². The van der Waals surface area contributed by atoms with E-state index in [2.05, 4.69) is 100 Å². The third-order valence-corrected chi connectivity index (χ3v) is 11.2. The normalized spacial score (nSPS) is 10.9. The van der Waals surface area contributed by atoms with Gasteiger partial charge in [-0.3, -0.25) is 0 Å². The minimum atomic E-state index is 0.328. The van der Waals surface area contributed by atoms with E-state index in [9.17, 15) is 26.3 Å². The first-order chi connectivity index (χ1) is 29.5. The van der Waals surface area contributed by atoms with Crippen molar-refractivity contribution in [3.63, 3.8) is 0 Å². The Morgan fingerprint density at radius 3 is 1.12 bits per heavy atom. The zero-order valence-electron chi connectivity index (χ0n) is 31.7. The summed E-state index contributed by atoms with van der Waals surface area (Å²) in [5.41, 5.74) is 12.0. The van der Waals surface area contributed by atoms with Crippen molar-refractivity contribution in [2.75, 3.05) is 0 Å². The van der Waals surface area contributed by atoms with Crippen LogP contribution < -0.4 is 0 Å². The number of aromatic nitrogens is 2. The number of hydrogen-bond acceptors (Lipinski definition) is 5. The molecule has 0 saturated heterocycles. The van der Waals surface area contributed by atoms with Crippen molar-refractivity contribution in [3.05, 3.63) is 192 Å². The molecule has 0 unspecified atom stereocenters. The standard InChI is InChI=1S/C53H27N7/c54-28-33-7-5-9-38(20-33)40-15-17-45-43-11-1-3-13-47(43)59(49(45)26-40)51-24-37(32-58)25-52(53(51)42-22-35(30-56)19-36(23-42)31-57)60-48-14-4-2-12-44(48)46-18-16-41(27-50(46)60)39-10-6-8-34(21-39)29-55/h1-27H. The maximum Gasteiger partial charge on any atom is 0.0993 e. The molecule has 0 aliphatic rings. The minimum Gasteiger partial charge on any atom is -0.308 e. The van der Waals surface area contributed by atoms with E-state index in [0.29, 0.717) is 50.3 Å². The summed E-state index contributed by atoms with van der Waals surface area (Å²) in [5, 5.41) is 54.8. The number of nitrogens with zero attached hydrogens (tertiary/aromatic N) is 7. The zero-order chi connectivity index (χ0) is 40.9. The van der Waals surface area contributed by atoms with Crippen molar-refractivity contribution in [1.29, 1.82) is 26.3 Å². The van der Waals surface area contributed by atoms with Crippen LogP contribution in [0.3, 0.4) is 0 Å². The second-order valence-corrected chi connectivity index (χ2v) is 14.6. The van der Waals surface area contributed by atoms with Gasteiger partial charge in [-0.05, 0) is 107 Å². The van der Waals surface area contributed by atoms with Gasteiger partial charge in [-0.15, -0.1) is 0 Å². The van der Waals surface area contributed by atoms with Crippen molar-refractivity contribution < 1.29 is 0 Å². The van der Waals surface area contributed by atoms with Crippen molar-refractivity contribution in [2.24, 2.45) is 0 Å². The molecule has 8 aromatic carbocycles. The van der Waals surface area contributed by atoms with E-state index in [-0.39, 0.29) is 0 Å². The Hall–Kier alpha value is -9.19. The second kappa shape index (κ2) is 14.1. The van der Waals surface area contributed by atoms with Crippen molar-refractivity contribution in [3.8, 4) is 75.1 Å². The number of hydrogen-bond donors (Lipinski definition) is 0. The van der Waals surface area contributed by atoms with E-state index in [0.717, 1.165) is 65.9 Å². The summed E-state index contributed by atoms with van der Waals surface area (Å²) in [6.45, 7) is 0. The van der Waals surface area contributed by atoms with Gasteiger partial charge in [0.15, 0.2) is 0 Å². The number of rotatable bonds is 5. The summed E-state index contributed by atoms with van der Waals surface area (Å²) < 4.78 is 4.33. The summed E-state index contributed by atoms with van der Waals surface area (Å²) in [6.07, 6.45) is 0. The molecule has 7 nitrogen and oxygen atoms in total. The van der Waals surface area contributed by atoms with Gasteiger partial charge in [0.1, 0.15) is 0 Å². The number of fused-ring (bicyclic) bond motifs is 6.